The summed E-state index contributed by atoms with van der Waals surface area (Å²) in [6.45, 7) is 3.46. The lowest BCUT2D eigenvalue weighted by atomic mass is 10.0. The van der Waals surface area contributed by atoms with E-state index < -0.39 is 12.0 Å². The van der Waals surface area contributed by atoms with Gasteiger partial charge in [0.05, 0.1) is 6.10 Å². The van der Waals surface area contributed by atoms with Crippen molar-refractivity contribution in [3.8, 4) is 0 Å². The van der Waals surface area contributed by atoms with Crippen LogP contribution in [-0.2, 0) is 16.0 Å². The molecule has 1 aromatic carbocycles. The number of ether oxygens (including phenoxy) is 1. The van der Waals surface area contributed by atoms with Gasteiger partial charge >= 0.3 is 5.97 Å². The Labute approximate surface area is 113 Å². The molecule has 0 bridgehead atoms. The minimum absolute atomic E-state index is 0.150. The van der Waals surface area contributed by atoms with Crippen LogP contribution in [0.3, 0.4) is 0 Å². The first-order valence-electron chi connectivity index (χ1n) is 6.87. The lowest BCUT2D eigenvalue weighted by Crippen LogP contribution is -2.34. The molecule has 0 saturated carbocycles. The molecule has 1 fully saturated rings. The standard InChI is InChI=1S/C15H21NO3/c1-2-11-5-7-12(8-6-11)14(15(17)18)16-10-13-4-3-9-19-13/h5-8,13-14,16H,2-4,9-10H2,1H3,(H,17,18). The van der Waals surface area contributed by atoms with Gasteiger partial charge < -0.3 is 9.84 Å². The molecule has 0 aromatic heterocycles. The van der Waals surface area contributed by atoms with Crippen molar-refractivity contribution in [2.24, 2.45) is 0 Å². The highest BCUT2D eigenvalue weighted by atomic mass is 16.5. The van der Waals surface area contributed by atoms with E-state index in [0.29, 0.717) is 6.54 Å². The first kappa shape index (κ1) is 14.0. The quantitative estimate of drug-likeness (QED) is 0.825. The third-order valence-electron chi connectivity index (χ3n) is 3.54. The molecule has 2 unspecified atom stereocenters. The Bertz CT molecular complexity index is 410. The Balaban J connectivity index is 1.99. The fourth-order valence-electron chi connectivity index (χ4n) is 2.35. The third kappa shape index (κ3) is 3.78. The summed E-state index contributed by atoms with van der Waals surface area (Å²) < 4.78 is 5.50. The minimum Gasteiger partial charge on any atom is -0.480 e. The summed E-state index contributed by atoms with van der Waals surface area (Å²) in [6, 6.07) is 7.09. The molecular formula is C15H21NO3. The van der Waals surface area contributed by atoms with Crippen LogP contribution in [0.25, 0.3) is 0 Å². The maximum Gasteiger partial charge on any atom is 0.325 e. The molecule has 0 radical (unpaired) electrons. The largest absolute Gasteiger partial charge is 0.480 e. The summed E-state index contributed by atoms with van der Waals surface area (Å²) >= 11 is 0. The Morgan fingerprint density at radius 1 is 1.47 bits per heavy atom. The number of hydrogen-bond donors (Lipinski definition) is 2. The molecule has 0 amide bonds. The first-order chi connectivity index (χ1) is 9.20. The molecule has 1 aromatic rings. The number of nitrogens with one attached hydrogen (secondary N) is 1. The number of aliphatic carboxylic acids is 1. The highest BCUT2D eigenvalue weighted by molar-refractivity contribution is 5.75. The van der Waals surface area contributed by atoms with Crippen LogP contribution in [0.15, 0.2) is 24.3 Å². The van der Waals surface area contributed by atoms with Crippen LogP contribution in [-0.4, -0.2) is 30.3 Å². The number of benzene rings is 1. The topological polar surface area (TPSA) is 58.6 Å². The van der Waals surface area contributed by atoms with Crippen molar-refractivity contribution in [2.45, 2.75) is 38.3 Å². The molecule has 1 aliphatic rings. The van der Waals surface area contributed by atoms with Gasteiger partial charge in [0.1, 0.15) is 6.04 Å². The second-order valence-electron chi connectivity index (χ2n) is 4.91. The van der Waals surface area contributed by atoms with Gasteiger partial charge in [-0.15, -0.1) is 0 Å². The van der Waals surface area contributed by atoms with Crippen LogP contribution in [0.1, 0.15) is 36.9 Å². The molecular weight excluding hydrogens is 242 g/mol. The average molecular weight is 263 g/mol. The van der Waals surface area contributed by atoms with E-state index in [1.165, 1.54) is 5.56 Å². The summed E-state index contributed by atoms with van der Waals surface area (Å²) in [6.07, 6.45) is 3.18. The van der Waals surface area contributed by atoms with E-state index in [9.17, 15) is 9.90 Å². The fourth-order valence-corrected chi connectivity index (χ4v) is 2.35. The number of hydrogen-bond acceptors (Lipinski definition) is 3. The van der Waals surface area contributed by atoms with Crippen LogP contribution >= 0.6 is 0 Å². The number of carboxylic acids is 1. The third-order valence-corrected chi connectivity index (χ3v) is 3.54. The van der Waals surface area contributed by atoms with Gasteiger partial charge in [-0.2, -0.15) is 0 Å². The molecule has 1 heterocycles. The van der Waals surface area contributed by atoms with E-state index in [2.05, 4.69) is 12.2 Å². The smallest absolute Gasteiger partial charge is 0.325 e. The molecule has 4 heteroatoms. The zero-order chi connectivity index (χ0) is 13.7. The molecule has 104 valence electrons. The highest BCUT2D eigenvalue weighted by Gasteiger charge is 2.22. The van der Waals surface area contributed by atoms with Crippen LogP contribution < -0.4 is 5.32 Å². The molecule has 2 N–H and O–H groups in total. The van der Waals surface area contributed by atoms with Gasteiger partial charge in [-0.1, -0.05) is 31.2 Å². The lowest BCUT2D eigenvalue weighted by Gasteiger charge is -2.18. The zero-order valence-electron chi connectivity index (χ0n) is 11.3. The monoisotopic (exact) mass is 263 g/mol. The normalized spacial score (nSPS) is 20.4. The highest BCUT2D eigenvalue weighted by Crippen LogP contribution is 2.17. The summed E-state index contributed by atoms with van der Waals surface area (Å²) in [5.74, 6) is -0.845. The number of carboxylic acid groups (broad SMARTS) is 1. The van der Waals surface area contributed by atoms with Gasteiger partial charge in [0, 0.05) is 13.2 Å². The molecule has 4 nitrogen and oxygen atoms in total. The average Bonchev–Trinajstić information content (AvgIpc) is 2.92. The Morgan fingerprint density at radius 3 is 2.74 bits per heavy atom. The van der Waals surface area contributed by atoms with Gasteiger partial charge in [0.2, 0.25) is 0 Å². The molecule has 0 spiro atoms. The van der Waals surface area contributed by atoms with Crippen molar-refractivity contribution >= 4 is 5.97 Å². The van der Waals surface area contributed by atoms with Gasteiger partial charge in [-0.25, -0.2) is 0 Å². The molecule has 0 aliphatic carbocycles. The van der Waals surface area contributed by atoms with Crippen molar-refractivity contribution in [2.75, 3.05) is 13.2 Å². The van der Waals surface area contributed by atoms with E-state index in [-0.39, 0.29) is 6.10 Å². The summed E-state index contributed by atoms with van der Waals surface area (Å²) in [7, 11) is 0. The second kappa shape index (κ2) is 6.68. The van der Waals surface area contributed by atoms with Crippen molar-refractivity contribution < 1.29 is 14.6 Å². The molecule has 19 heavy (non-hydrogen) atoms. The van der Waals surface area contributed by atoms with Crippen LogP contribution in [0.4, 0.5) is 0 Å². The molecule has 1 aliphatic heterocycles. The lowest BCUT2D eigenvalue weighted by molar-refractivity contribution is -0.139. The van der Waals surface area contributed by atoms with Gasteiger partial charge in [-0.05, 0) is 30.4 Å². The van der Waals surface area contributed by atoms with Crippen molar-refractivity contribution in [3.63, 3.8) is 0 Å². The summed E-state index contributed by atoms with van der Waals surface area (Å²) in [5, 5.41) is 12.4. The van der Waals surface area contributed by atoms with E-state index in [4.69, 9.17) is 4.74 Å². The minimum atomic E-state index is -0.845. The number of rotatable bonds is 6. The summed E-state index contributed by atoms with van der Waals surface area (Å²) in [5.41, 5.74) is 2.01. The maximum atomic E-state index is 11.4. The Hall–Kier alpha value is -1.39. The van der Waals surface area contributed by atoms with Gasteiger partial charge in [0.25, 0.3) is 0 Å². The van der Waals surface area contributed by atoms with E-state index in [0.717, 1.165) is 31.4 Å². The van der Waals surface area contributed by atoms with Crippen LogP contribution in [0, 0.1) is 0 Å². The summed E-state index contributed by atoms with van der Waals surface area (Å²) in [4.78, 5) is 11.4. The van der Waals surface area contributed by atoms with Crippen LogP contribution in [0.5, 0.6) is 0 Å². The fraction of sp³-hybridized carbons (Fsp3) is 0.533. The van der Waals surface area contributed by atoms with Crippen molar-refractivity contribution in [1.82, 2.24) is 5.32 Å². The molecule has 2 rings (SSSR count). The van der Waals surface area contributed by atoms with Gasteiger partial charge in [-0.3, -0.25) is 10.1 Å². The van der Waals surface area contributed by atoms with E-state index >= 15 is 0 Å². The number of carbonyl (C=O) groups is 1. The van der Waals surface area contributed by atoms with Gasteiger partial charge in [0.15, 0.2) is 0 Å². The van der Waals surface area contributed by atoms with E-state index in [1.54, 1.807) is 0 Å². The molecule has 2 atom stereocenters. The Morgan fingerprint density at radius 2 is 2.21 bits per heavy atom. The SMILES string of the molecule is CCc1ccc(C(NCC2CCCO2)C(=O)O)cc1. The predicted molar refractivity (Wildman–Crippen MR) is 73.2 cm³/mol. The second-order valence-corrected chi connectivity index (χ2v) is 4.91. The predicted octanol–water partition coefficient (Wildman–Crippen LogP) is 2.14. The number of aryl methyl sites for hydroxylation is 1. The zero-order valence-corrected chi connectivity index (χ0v) is 11.3. The molecule has 1 saturated heterocycles. The Kier molecular flexibility index (Phi) is 4.93. The van der Waals surface area contributed by atoms with Crippen LogP contribution in [0.2, 0.25) is 0 Å². The van der Waals surface area contributed by atoms with E-state index in [1.807, 2.05) is 24.3 Å². The maximum absolute atomic E-state index is 11.4. The van der Waals surface area contributed by atoms with Crippen molar-refractivity contribution in [3.05, 3.63) is 35.4 Å². The first-order valence-corrected chi connectivity index (χ1v) is 6.87. The van der Waals surface area contributed by atoms with Crippen molar-refractivity contribution in [1.29, 1.82) is 0 Å².